The first-order chi connectivity index (χ1) is 20.5. The van der Waals surface area contributed by atoms with E-state index in [1.54, 1.807) is 18.6 Å². The first kappa shape index (κ1) is 27.0. The first-order valence-corrected chi connectivity index (χ1v) is 14.2. The van der Waals surface area contributed by atoms with Gasteiger partial charge in [0, 0.05) is 28.2 Å². The highest BCUT2D eigenvalue weighted by Crippen LogP contribution is 2.36. The standard InChI is InChI=1S/C33H26N4O4S/c1-3-41-32(39)28-29(21-10-5-4-6-11-21)35-33-37(30(28)22-12-9-13-24(18-22)40-2)31(38)27(42-33)19-23-20-36(17-16-34)26-15-8-7-14-25(23)26/h4-15,18-20,30H,3,17H2,1-2H3/t30-/m1/s1. The fourth-order valence-electron chi connectivity index (χ4n) is 5.31. The van der Waals surface area contributed by atoms with E-state index in [2.05, 4.69) is 6.07 Å². The molecule has 0 unspecified atom stereocenters. The SMILES string of the molecule is CCOC(=O)C1=C(c2ccccc2)N=c2sc(=Cc3cn(CC#N)c4ccccc34)c(=O)n2[C@@H]1c1cccc(OC)c1. The Kier molecular flexibility index (Phi) is 7.30. The third-order valence-corrected chi connectivity index (χ3v) is 8.11. The average Bonchev–Trinajstić information content (AvgIpc) is 3.53. The lowest BCUT2D eigenvalue weighted by Gasteiger charge is -2.26. The Morgan fingerprint density at radius 2 is 1.88 bits per heavy atom. The minimum Gasteiger partial charge on any atom is -0.497 e. The van der Waals surface area contributed by atoms with Crippen LogP contribution in [0.5, 0.6) is 5.75 Å². The summed E-state index contributed by atoms with van der Waals surface area (Å²) in [4.78, 5) is 33.2. The zero-order chi connectivity index (χ0) is 29.2. The third-order valence-electron chi connectivity index (χ3n) is 7.13. The van der Waals surface area contributed by atoms with E-state index >= 15 is 0 Å². The Labute approximate surface area is 245 Å². The van der Waals surface area contributed by atoms with Gasteiger partial charge in [0.25, 0.3) is 5.56 Å². The van der Waals surface area contributed by atoms with Crippen LogP contribution in [0.3, 0.4) is 0 Å². The van der Waals surface area contributed by atoms with Gasteiger partial charge >= 0.3 is 5.97 Å². The number of carbonyl (C=O) groups excluding carboxylic acids is 1. The summed E-state index contributed by atoms with van der Waals surface area (Å²) < 4.78 is 14.9. The van der Waals surface area contributed by atoms with Gasteiger partial charge in [0.1, 0.15) is 12.3 Å². The van der Waals surface area contributed by atoms with Crippen molar-refractivity contribution in [2.45, 2.75) is 19.5 Å². The van der Waals surface area contributed by atoms with Crippen molar-refractivity contribution in [1.82, 2.24) is 9.13 Å². The lowest BCUT2D eigenvalue weighted by molar-refractivity contribution is -0.138. The van der Waals surface area contributed by atoms with E-state index in [9.17, 15) is 14.9 Å². The highest BCUT2D eigenvalue weighted by atomic mass is 32.1. The second-order valence-corrected chi connectivity index (χ2v) is 10.6. The Balaban J connectivity index is 1.65. The van der Waals surface area contributed by atoms with Gasteiger partial charge in [0.05, 0.1) is 41.6 Å². The quantitative estimate of drug-likeness (QED) is 0.268. The summed E-state index contributed by atoms with van der Waals surface area (Å²) in [5.41, 5.74) is 3.61. The smallest absolute Gasteiger partial charge is 0.338 e. The molecule has 8 nitrogen and oxygen atoms in total. The van der Waals surface area contributed by atoms with Crippen molar-refractivity contribution in [3.8, 4) is 11.8 Å². The van der Waals surface area contributed by atoms with Gasteiger partial charge in [-0.1, -0.05) is 72.0 Å². The zero-order valence-electron chi connectivity index (χ0n) is 23.0. The predicted octanol–water partition coefficient (Wildman–Crippen LogP) is 4.42. The van der Waals surface area contributed by atoms with Crippen molar-refractivity contribution in [2.24, 2.45) is 4.99 Å². The van der Waals surface area contributed by atoms with Crippen LogP contribution < -0.4 is 19.6 Å². The summed E-state index contributed by atoms with van der Waals surface area (Å²) in [6.07, 6.45) is 3.71. The summed E-state index contributed by atoms with van der Waals surface area (Å²) in [7, 11) is 1.57. The number of aromatic nitrogens is 2. The molecule has 0 aliphatic carbocycles. The molecule has 1 atom stereocenters. The topological polar surface area (TPSA) is 98.6 Å². The molecular formula is C33H26N4O4S. The van der Waals surface area contributed by atoms with Crippen molar-refractivity contribution in [1.29, 1.82) is 5.26 Å². The summed E-state index contributed by atoms with van der Waals surface area (Å²) in [5.74, 6) is 0.0585. The molecule has 0 N–H and O–H groups in total. The number of nitrogens with zero attached hydrogens (tertiary/aromatic N) is 4. The number of rotatable bonds is 7. The van der Waals surface area contributed by atoms with Crippen LogP contribution in [0.2, 0.25) is 0 Å². The predicted molar refractivity (Wildman–Crippen MR) is 162 cm³/mol. The van der Waals surface area contributed by atoms with Crippen LogP contribution in [0, 0.1) is 11.3 Å². The van der Waals surface area contributed by atoms with Gasteiger partial charge in [-0.3, -0.25) is 9.36 Å². The van der Waals surface area contributed by atoms with Crippen LogP contribution in [-0.2, 0) is 16.1 Å². The molecule has 1 aliphatic heterocycles. The number of hydrogen-bond donors (Lipinski definition) is 0. The minimum absolute atomic E-state index is 0.173. The van der Waals surface area contributed by atoms with Crippen molar-refractivity contribution in [3.63, 3.8) is 0 Å². The Hall–Kier alpha value is -5.20. The number of nitriles is 1. The largest absolute Gasteiger partial charge is 0.497 e. The van der Waals surface area contributed by atoms with Crippen molar-refractivity contribution in [3.05, 3.63) is 127 Å². The second-order valence-electron chi connectivity index (χ2n) is 9.60. The van der Waals surface area contributed by atoms with Crippen LogP contribution in [-0.4, -0.2) is 28.8 Å². The van der Waals surface area contributed by atoms with Crippen LogP contribution in [0.4, 0.5) is 0 Å². The number of fused-ring (bicyclic) bond motifs is 2. The van der Waals surface area contributed by atoms with Crippen molar-refractivity contribution < 1.29 is 14.3 Å². The first-order valence-electron chi connectivity index (χ1n) is 13.4. The molecule has 3 aromatic carbocycles. The molecule has 0 fully saturated rings. The van der Waals surface area contributed by atoms with Gasteiger partial charge < -0.3 is 14.0 Å². The number of methoxy groups -OCH3 is 1. The molecule has 2 aromatic heterocycles. The van der Waals surface area contributed by atoms with E-state index in [4.69, 9.17) is 14.5 Å². The Morgan fingerprint density at radius 3 is 2.64 bits per heavy atom. The van der Waals surface area contributed by atoms with Crippen LogP contribution >= 0.6 is 11.3 Å². The van der Waals surface area contributed by atoms with Crippen LogP contribution in [0.25, 0.3) is 22.7 Å². The molecule has 0 bridgehead atoms. The monoisotopic (exact) mass is 574 g/mol. The van der Waals surface area contributed by atoms with E-state index in [0.29, 0.717) is 26.3 Å². The second kappa shape index (κ2) is 11.4. The molecule has 3 heterocycles. The maximum atomic E-state index is 14.2. The fraction of sp³-hybridized carbons (Fsp3) is 0.152. The lowest BCUT2D eigenvalue weighted by Crippen LogP contribution is -2.40. The molecular weight excluding hydrogens is 548 g/mol. The molecule has 0 saturated carbocycles. The number of thiazole rings is 1. The summed E-state index contributed by atoms with van der Waals surface area (Å²) in [5, 5.41) is 10.3. The number of esters is 1. The van der Waals surface area contributed by atoms with E-state index in [1.165, 1.54) is 11.3 Å². The van der Waals surface area contributed by atoms with Crippen molar-refractivity contribution in [2.75, 3.05) is 13.7 Å². The number of para-hydroxylation sites is 1. The highest BCUT2D eigenvalue weighted by molar-refractivity contribution is 7.07. The van der Waals surface area contributed by atoms with Gasteiger partial charge in [0.15, 0.2) is 4.80 Å². The maximum absolute atomic E-state index is 14.2. The zero-order valence-corrected chi connectivity index (χ0v) is 23.8. The van der Waals surface area contributed by atoms with Gasteiger partial charge in [-0.2, -0.15) is 5.26 Å². The summed E-state index contributed by atoms with van der Waals surface area (Å²) >= 11 is 1.26. The van der Waals surface area contributed by atoms with Crippen LogP contribution in [0.1, 0.15) is 29.7 Å². The number of benzene rings is 3. The number of hydrogen-bond acceptors (Lipinski definition) is 7. The number of ether oxygens (including phenoxy) is 2. The maximum Gasteiger partial charge on any atom is 0.338 e. The Bertz CT molecular complexity index is 2080. The van der Waals surface area contributed by atoms with E-state index in [1.807, 2.05) is 95.7 Å². The molecule has 1 aliphatic rings. The summed E-state index contributed by atoms with van der Waals surface area (Å²) in [6, 6.07) is 25.9. The van der Waals surface area contributed by atoms with Gasteiger partial charge in [-0.05, 0) is 36.8 Å². The summed E-state index contributed by atoms with van der Waals surface area (Å²) in [6.45, 7) is 2.11. The Morgan fingerprint density at radius 1 is 1.10 bits per heavy atom. The van der Waals surface area contributed by atoms with E-state index < -0.39 is 12.0 Å². The molecule has 0 amide bonds. The lowest BCUT2D eigenvalue weighted by atomic mass is 9.93. The average molecular weight is 575 g/mol. The fourth-order valence-corrected chi connectivity index (χ4v) is 6.30. The van der Waals surface area contributed by atoms with Crippen LogP contribution in [0.15, 0.2) is 100 Å². The molecule has 0 saturated heterocycles. The molecule has 6 rings (SSSR count). The van der Waals surface area contributed by atoms with Gasteiger partial charge in [-0.25, -0.2) is 9.79 Å². The molecule has 42 heavy (non-hydrogen) atoms. The van der Waals surface area contributed by atoms with E-state index in [-0.39, 0.29) is 24.3 Å². The normalized spacial score (nSPS) is 14.8. The van der Waals surface area contributed by atoms with Gasteiger partial charge in [-0.15, -0.1) is 0 Å². The molecule has 0 spiro atoms. The third kappa shape index (κ3) is 4.72. The van der Waals surface area contributed by atoms with E-state index in [0.717, 1.165) is 22.0 Å². The molecule has 5 aromatic rings. The van der Waals surface area contributed by atoms with Gasteiger partial charge in [0.2, 0.25) is 0 Å². The van der Waals surface area contributed by atoms with Crippen molar-refractivity contribution >= 4 is 40.0 Å². The molecule has 208 valence electrons. The molecule has 0 radical (unpaired) electrons. The minimum atomic E-state index is -0.798. The highest BCUT2D eigenvalue weighted by Gasteiger charge is 2.35. The molecule has 9 heteroatoms. The number of carbonyl (C=O) groups is 1.